The summed E-state index contributed by atoms with van der Waals surface area (Å²) in [6, 6.07) is 3.69. The lowest BCUT2D eigenvalue weighted by molar-refractivity contribution is -0.137. The maximum absolute atomic E-state index is 12.8. The van der Waals surface area contributed by atoms with Crippen LogP contribution in [0.5, 0.6) is 0 Å². The van der Waals surface area contributed by atoms with Gasteiger partial charge in [0.1, 0.15) is 0 Å². The minimum atomic E-state index is -4.39. The first kappa shape index (κ1) is 19.9. The van der Waals surface area contributed by atoms with Crippen molar-refractivity contribution in [1.29, 1.82) is 0 Å². The highest BCUT2D eigenvalue weighted by atomic mass is 32.1. The molecule has 1 aromatic carbocycles. The molecule has 2 aliphatic rings. The van der Waals surface area contributed by atoms with E-state index in [4.69, 9.17) is 0 Å². The molecular formula is C19H21F3N4O2S. The van der Waals surface area contributed by atoms with E-state index in [-0.39, 0.29) is 24.4 Å². The van der Waals surface area contributed by atoms with E-state index in [1.165, 1.54) is 17.4 Å². The molecule has 10 heteroatoms. The Kier molecular flexibility index (Phi) is 5.37. The summed E-state index contributed by atoms with van der Waals surface area (Å²) in [6.07, 6.45) is -2.17. The van der Waals surface area contributed by atoms with Crippen molar-refractivity contribution in [3.8, 4) is 0 Å². The van der Waals surface area contributed by atoms with Crippen molar-refractivity contribution in [3.05, 3.63) is 28.8 Å². The van der Waals surface area contributed by atoms with Gasteiger partial charge in [-0.3, -0.25) is 4.79 Å². The van der Waals surface area contributed by atoms with E-state index >= 15 is 0 Å². The van der Waals surface area contributed by atoms with Crippen molar-refractivity contribution in [2.45, 2.75) is 37.9 Å². The van der Waals surface area contributed by atoms with Gasteiger partial charge in [0.05, 0.1) is 20.8 Å². The monoisotopic (exact) mass is 426 g/mol. The zero-order chi connectivity index (χ0) is 20.6. The lowest BCUT2D eigenvalue weighted by atomic mass is 10.0. The van der Waals surface area contributed by atoms with E-state index in [1.807, 2.05) is 4.90 Å². The molecule has 3 amide bonds. The Hall–Kier alpha value is -2.36. The number of thiazole rings is 1. The molecule has 3 heterocycles. The molecule has 2 aliphatic heterocycles. The van der Waals surface area contributed by atoms with Crippen LogP contribution < -0.4 is 5.32 Å². The first-order valence-electron chi connectivity index (χ1n) is 9.60. The van der Waals surface area contributed by atoms with Gasteiger partial charge in [-0.2, -0.15) is 13.2 Å². The first-order valence-corrected chi connectivity index (χ1v) is 10.4. The molecule has 4 rings (SSSR count). The third-order valence-electron chi connectivity index (χ3n) is 5.46. The topological polar surface area (TPSA) is 65.5 Å². The lowest BCUT2D eigenvalue weighted by Gasteiger charge is -2.36. The molecule has 6 nitrogen and oxygen atoms in total. The van der Waals surface area contributed by atoms with Gasteiger partial charge in [-0.25, -0.2) is 9.78 Å². The van der Waals surface area contributed by atoms with Crippen molar-refractivity contribution < 1.29 is 22.8 Å². The number of carbonyl (C=O) groups is 2. The minimum absolute atomic E-state index is 0.0181. The molecule has 0 unspecified atom stereocenters. The summed E-state index contributed by atoms with van der Waals surface area (Å²) in [7, 11) is 0. The van der Waals surface area contributed by atoms with Crippen LogP contribution in [0.15, 0.2) is 18.2 Å². The molecule has 0 saturated carbocycles. The molecule has 0 spiro atoms. The fraction of sp³-hybridized carbons (Fsp3) is 0.526. The Labute approximate surface area is 169 Å². The van der Waals surface area contributed by atoms with Gasteiger partial charge < -0.3 is 15.1 Å². The van der Waals surface area contributed by atoms with Gasteiger partial charge in [0.2, 0.25) is 5.91 Å². The van der Waals surface area contributed by atoms with Gasteiger partial charge >= 0.3 is 12.2 Å². The minimum Gasteiger partial charge on any atom is -0.343 e. The molecular weight excluding hydrogens is 405 g/mol. The Morgan fingerprint density at radius 3 is 2.66 bits per heavy atom. The van der Waals surface area contributed by atoms with E-state index in [0.29, 0.717) is 47.8 Å². The van der Waals surface area contributed by atoms with Crippen LogP contribution in [-0.2, 0) is 17.4 Å². The van der Waals surface area contributed by atoms with Crippen LogP contribution in [-0.4, -0.2) is 58.9 Å². The number of fused-ring (bicyclic) bond motifs is 1. The van der Waals surface area contributed by atoms with Gasteiger partial charge in [-0.05, 0) is 31.0 Å². The number of halogens is 3. The number of aromatic nitrogens is 1. The molecule has 0 atom stereocenters. The Morgan fingerprint density at radius 2 is 2.00 bits per heavy atom. The third-order valence-corrected chi connectivity index (χ3v) is 6.56. The normalized spacial score (nSPS) is 18.5. The predicted octanol–water partition coefficient (Wildman–Crippen LogP) is 3.26. The molecule has 0 aliphatic carbocycles. The number of nitrogens with one attached hydrogen (secondary N) is 1. The van der Waals surface area contributed by atoms with Crippen LogP contribution in [0.4, 0.5) is 18.0 Å². The molecule has 2 saturated heterocycles. The molecule has 1 aromatic heterocycles. The summed E-state index contributed by atoms with van der Waals surface area (Å²) >= 11 is 1.32. The number of aryl methyl sites for hydroxylation is 1. The van der Waals surface area contributed by atoms with Crippen LogP contribution >= 0.6 is 11.3 Å². The highest BCUT2D eigenvalue weighted by Gasteiger charge is 2.32. The number of urea groups is 1. The van der Waals surface area contributed by atoms with Crippen molar-refractivity contribution in [3.63, 3.8) is 0 Å². The number of hydrogen-bond donors (Lipinski definition) is 1. The fourth-order valence-electron chi connectivity index (χ4n) is 3.89. The van der Waals surface area contributed by atoms with Crippen molar-refractivity contribution in [2.24, 2.45) is 0 Å². The van der Waals surface area contributed by atoms with Crippen LogP contribution in [0.25, 0.3) is 10.2 Å². The number of piperidine rings is 1. The summed E-state index contributed by atoms with van der Waals surface area (Å²) in [6.45, 7) is 2.61. The number of benzene rings is 1. The number of alkyl halides is 3. The zero-order valence-corrected chi connectivity index (χ0v) is 16.5. The van der Waals surface area contributed by atoms with E-state index in [1.54, 1.807) is 4.90 Å². The van der Waals surface area contributed by atoms with E-state index < -0.39 is 11.7 Å². The van der Waals surface area contributed by atoms with E-state index in [2.05, 4.69) is 10.3 Å². The number of carbonyl (C=O) groups excluding carboxylic acids is 2. The molecule has 1 N–H and O–H groups in total. The largest absolute Gasteiger partial charge is 0.416 e. The summed E-state index contributed by atoms with van der Waals surface area (Å²) in [4.78, 5) is 32.2. The summed E-state index contributed by atoms with van der Waals surface area (Å²) in [5.41, 5.74) is -0.399. The van der Waals surface area contributed by atoms with Crippen LogP contribution in [0.1, 0.15) is 29.8 Å². The maximum atomic E-state index is 12.8. The smallest absolute Gasteiger partial charge is 0.343 e. The molecule has 0 radical (unpaired) electrons. The van der Waals surface area contributed by atoms with Crippen molar-refractivity contribution in [2.75, 3.05) is 26.2 Å². The molecule has 29 heavy (non-hydrogen) atoms. The number of nitrogens with zero attached hydrogens (tertiary/aromatic N) is 3. The summed E-state index contributed by atoms with van der Waals surface area (Å²) in [5, 5.41) is 3.46. The fourth-order valence-corrected chi connectivity index (χ4v) is 4.84. The SMILES string of the molecule is O=C(CCc1nc2cc(C(F)(F)F)ccc2s1)N1CCC(N2CCNC2=O)CC1. The van der Waals surface area contributed by atoms with Crippen LogP contribution in [0, 0.1) is 0 Å². The standard InChI is InChI=1S/C19H21F3N4O2S/c20-19(21,22)12-1-2-15-14(11-12)24-16(29-15)3-4-17(27)25-8-5-13(6-9-25)26-10-7-23-18(26)28/h1-2,11,13H,3-10H2,(H,23,28). The molecule has 2 fully saturated rings. The first-order chi connectivity index (χ1) is 13.8. The lowest BCUT2D eigenvalue weighted by Crippen LogP contribution is -2.47. The molecule has 2 aromatic rings. The second-order valence-corrected chi connectivity index (χ2v) is 8.44. The quantitative estimate of drug-likeness (QED) is 0.816. The number of amides is 3. The summed E-state index contributed by atoms with van der Waals surface area (Å²) < 4.78 is 39.2. The van der Waals surface area contributed by atoms with Crippen LogP contribution in [0.2, 0.25) is 0 Å². The Morgan fingerprint density at radius 1 is 1.24 bits per heavy atom. The van der Waals surface area contributed by atoms with E-state index in [0.717, 1.165) is 25.0 Å². The maximum Gasteiger partial charge on any atom is 0.416 e. The number of rotatable bonds is 4. The highest BCUT2D eigenvalue weighted by molar-refractivity contribution is 7.18. The number of likely N-dealkylation sites (tertiary alicyclic amines) is 1. The third kappa shape index (κ3) is 4.31. The average Bonchev–Trinajstić information content (AvgIpc) is 3.30. The number of hydrogen-bond acceptors (Lipinski definition) is 4. The average molecular weight is 426 g/mol. The van der Waals surface area contributed by atoms with E-state index in [9.17, 15) is 22.8 Å². The second kappa shape index (κ2) is 7.81. The van der Waals surface area contributed by atoms with Gasteiger partial charge in [-0.1, -0.05) is 0 Å². The van der Waals surface area contributed by atoms with Gasteiger partial charge in [-0.15, -0.1) is 11.3 Å². The van der Waals surface area contributed by atoms with Gasteiger partial charge in [0.25, 0.3) is 0 Å². The molecule has 0 bridgehead atoms. The van der Waals surface area contributed by atoms with Crippen molar-refractivity contribution in [1.82, 2.24) is 20.1 Å². The van der Waals surface area contributed by atoms with Crippen molar-refractivity contribution >= 4 is 33.5 Å². The second-order valence-electron chi connectivity index (χ2n) is 7.33. The Bertz CT molecular complexity index is 922. The van der Waals surface area contributed by atoms with Gasteiger partial charge in [0.15, 0.2) is 0 Å². The highest BCUT2D eigenvalue weighted by Crippen LogP contribution is 2.33. The Balaban J connectivity index is 1.31. The molecule has 156 valence electrons. The van der Waals surface area contributed by atoms with Crippen LogP contribution in [0.3, 0.4) is 0 Å². The zero-order valence-electron chi connectivity index (χ0n) is 15.7. The summed E-state index contributed by atoms with van der Waals surface area (Å²) in [5.74, 6) is 0.0181. The van der Waals surface area contributed by atoms with Gasteiger partial charge in [0, 0.05) is 45.1 Å². The predicted molar refractivity (Wildman–Crippen MR) is 103 cm³/mol.